The lowest BCUT2D eigenvalue weighted by Gasteiger charge is -2.26. The maximum Gasteiger partial charge on any atom is 0.257 e. The minimum absolute atomic E-state index is 0.263. The number of nitrogens with one attached hydrogen (secondary N) is 2. The van der Waals surface area contributed by atoms with E-state index in [9.17, 15) is 4.79 Å². The van der Waals surface area contributed by atoms with Crippen LogP contribution in [0, 0.1) is 0 Å². The van der Waals surface area contributed by atoms with E-state index in [1.165, 1.54) is 37.9 Å². The van der Waals surface area contributed by atoms with E-state index in [0.29, 0.717) is 10.6 Å². The van der Waals surface area contributed by atoms with Crippen molar-refractivity contribution in [3.05, 3.63) is 64.7 Å². The fourth-order valence-corrected chi connectivity index (χ4v) is 3.34. The summed E-state index contributed by atoms with van der Waals surface area (Å²) in [4.78, 5) is 14.6. The van der Waals surface area contributed by atoms with Crippen LogP contribution in [0.5, 0.6) is 0 Å². The van der Waals surface area contributed by atoms with Gasteiger partial charge in [0, 0.05) is 22.8 Å². The van der Waals surface area contributed by atoms with Crippen LogP contribution in [-0.4, -0.2) is 29.0 Å². The van der Waals surface area contributed by atoms with E-state index in [-0.39, 0.29) is 11.0 Å². The molecule has 0 saturated carbocycles. The Bertz CT molecular complexity index is 756. The van der Waals surface area contributed by atoms with E-state index in [2.05, 4.69) is 27.7 Å². The normalized spacial score (nSPS) is 14.7. The number of likely N-dealkylation sites (tertiary alicyclic amines) is 1. The standard InChI is InChI=1S/C20H22ClN3OS/c21-17-8-6-16(7-9-17)19(25)23-20(26)22-18-10-4-15(5-11-18)14-24-12-2-1-3-13-24/h4-11H,1-3,12-14H2,(H2,22,23,25,26). The highest BCUT2D eigenvalue weighted by Gasteiger charge is 2.11. The fourth-order valence-electron chi connectivity index (χ4n) is 3.01. The van der Waals surface area contributed by atoms with Crippen molar-refractivity contribution in [3.8, 4) is 0 Å². The summed E-state index contributed by atoms with van der Waals surface area (Å²) in [6.07, 6.45) is 3.93. The van der Waals surface area contributed by atoms with E-state index in [1.54, 1.807) is 24.3 Å². The largest absolute Gasteiger partial charge is 0.332 e. The summed E-state index contributed by atoms with van der Waals surface area (Å²) < 4.78 is 0. The van der Waals surface area contributed by atoms with Crippen molar-refractivity contribution < 1.29 is 4.79 Å². The van der Waals surface area contributed by atoms with Gasteiger partial charge in [-0.2, -0.15) is 0 Å². The molecule has 0 bridgehead atoms. The predicted molar refractivity (Wildman–Crippen MR) is 111 cm³/mol. The van der Waals surface area contributed by atoms with Gasteiger partial charge in [0.15, 0.2) is 5.11 Å². The van der Waals surface area contributed by atoms with Gasteiger partial charge in [0.05, 0.1) is 0 Å². The molecule has 136 valence electrons. The third kappa shape index (κ3) is 5.53. The average Bonchev–Trinajstić information content (AvgIpc) is 2.64. The number of carbonyl (C=O) groups excluding carboxylic acids is 1. The number of thiocarbonyl (C=S) groups is 1. The van der Waals surface area contributed by atoms with E-state index in [1.807, 2.05) is 12.1 Å². The van der Waals surface area contributed by atoms with Crippen LogP contribution < -0.4 is 10.6 Å². The summed E-state index contributed by atoms with van der Waals surface area (Å²) in [5, 5.41) is 6.58. The lowest BCUT2D eigenvalue weighted by atomic mass is 10.1. The number of piperidine rings is 1. The molecule has 0 spiro atoms. The highest BCUT2D eigenvalue weighted by Crippen LogP contribution is 2.15. The summed E-state index contributed by atoms with van der Waals surface area (Å²) in [6.45, 7) is 3.35. The number of carbonyl (C=O) groups is 1. The molecule has 0 unspecified atom stereocenters. The first-order valence-electron chi connectivity index (χ1n) is 8.79. The lowest BCUT2D eigenvalue weighted by molar-refractivity contribution is 0.0978. The molecule has 26 heavy (non-hydrogen) atoms. The average molecular weight is 388 g/mol. The van der Waals surface area contributed by atoms with Crippen molar-refractivity contribution in [2.75, 3.05) is 18.4 Å². The van der Waals surface area contributed by atoms with Gasteiger partial charge >= 0.3 is 0 Å². The number of hydrogen-bond donors (Lipinski definition) is 2. The maximum absolute atomic E-state index is 12.1. The molecule has 1 aliphatic rings. The summed E-state index contributed by atoms with van der Waals surface area (Å²) in [6, 6.07) is 14.8. The third-order valence-corrected chi connectivity index (χ3v) is 4.86. The monoisotopic (exact) mass is 387 g/mol. The molecule has 2 aromatic carbocycles. The van der Waals surface area contributed by atoms with Gasteiger partial charge in [0.25, 0.3) is 5.91 Å². The molecular formula is C20H22ClN3OS. The first-order chi connectivity index (χ1) is 12.6. The molecule has 2 aromatic rings. The number of nitrogens with zero attached hydrogens (tertiary/aromatic N) is 1. The topological polar surface area (TPSA) is 44.4 Å². The molecule has 3 rings (SSSR count). The van der Waals surface area contributed by atoms with Crippen LogP contribution in [0.25, 0.3) is 0 Å². The number of amides is 1. The zero-order chi connectivity index (χ0) is 18.4. The molecule has 2 N–H and O–H groups in total. The number of rotatable bonds is 4. The second-order valence-corrected chi connectivity index (χ2v) is 7.29. The molecule has 4 nitrogen and oxygen atoms in total. The van der Waals surface area contributed by atoms with E-state index in [4.69, 9.17) is 23.8 Å². The molecule has 1 aliphatic heterocycles. The lowest BCUT2D eigenvalue weighted by Crippen LogP contribution is -2.34. The van der Waals surface area contributed by atoms with Crippen molar-refractivity contribution in [2.45, 2.75) is 25.8 Å². The highest BCUT2D eigenvalue weighted by atomic mass is 35.5. The smallest absolute Gasteiger partial charge is 0.257 e. The molecule has 1 fully saturated rings. The molecule has 1 saturated heterocycles. The summed E-state index contributed by atoms with van der Waals surface area (Å²) in [7, 11) is 0. The second-order valence-electron chi connectivity index (χ2n) is 6.45. The number of halogens is 1. The van der Waals surface area contributed by atoms with Gasteiger partial charge in [0.1, 0.15) is 0 Å². The van der Waals surface area contributed by atoms with E-state index >= 15 is 0 Å². The molecule has 0 radical (unpaired) electrons. The quantitative estimate of drug-likeness (QED) is 0.760. The Labute approximate surface area is 164 Å². The highest BCUT2D eigenvalue weighted by molar-refractivity contribution is 7.80. The molecule has 6 heteroatoms. The Morgan fingerprint density at radius 1 is 1.00 bits per heavy atom. The van der Waals surface area contributed by atoms with Gasteiger partial charge in [-0.25, -0.2) is 0 Å². The first-order valence-corrected chi connectivity index (χ1v) is 9.58. The number of hydrogen-bond acceptors (Lipinski definition) is 3. The van der Waals surface area contributed by atoms with Crippen molar-refractivity contribution >= 4 is 40.5 Å². The fraction of sp³-hybridized carbons (Fsp3) is 0.300. The molecule has 0 aromatic heterocycles. The number of anilines is 1. The maximum atomic E-state index is 12.1. The predicted octanol–water partition coefficient (Wildman–Crippen LogP) is 4.45. The Morgan fingerprint density at radius 3 is 2.31 bits per heavy atom. The summed E-state index contributed by atoms with van der Waals surface area (Å²) >= 11 is 11.1. The van der Waals surface area contributed by atoms with Crippen molar-refractivity contribution in [1.82, 2.24) is 10.2 Å². The minimum Gasteiger partial charge on any atom is -0.332 e. The number of benzene rings is 2. The van der Waals surface area contributed by atoms with Crippen molar-refractivity contribution in [1.29, 1.82) is 0 Å². The van der Waals surface area contributed by atoms with Gasteiger partial charge in [0.2, 0.25) is 0 Å². The van der Waals surface area contributed by atoms with Crippen LogP contribution in [0.2, 0.25) is 5.02 Å². The first kappa shape index (κ1) is 18.8. The van der Waals surface area contributed by atoms with E-state index < -0.39 is 0 Å². The molecule has 0 aliphatic carbocycles. The minimum atomic E-state index is -0.263. The molecule has 0 atom stereocenters. The van der Waals surface area contributed by atoms with Gasteiger partial charge < -0.3 is 5.32 Å². The summed E-state index contributed by atoms with van der Waals surface area (Å²) in [5.41, 5.74) is 2.65. The zero-order valence-corrected chi connectivity index (χ0v) is 16.1. The van der Waals surface area contributed by atoms with Crippen molar-refractivity contribution in [3.63, 3.8) is 0 Å². The van der Waals surface area contributed by atoms with Crippen LogP contribution in [0.1, 0.15) is 35.2 Å². The van der Waals surface area contributed by atoms with Crippen LogP contribution in [0.15, 0.2) is 48.5 Å². The zero-order valence-electron chi connectivity index (χ0n) is 14.5. The third-order valence-electron chi connectivity index (χ3n) is 4.40. The van der Waals surface area contributed by atoms with Gasteiger partial charge in [-0.3, -0.25) is 15.0 Å². The van der Waals surface area contributed by atoms with Gasteiger partial charge in [-0.1, -0.05) is 30.2 Å². The van der Waals surface area contributed by atoms with Crippen LogP contribution in [-0.2, 0) is 6.54 Å². The van der Waals surface area contributed by atoms with Crippen LogP contribution >= 0.6 is 23.8 Å². The Kier molecular flexibility index (Phi) is 6.61. The Balaban J connectivity index is 1.50. The summed E-state index contributed by atoms with van der Waals surface area (Å²) in [5.74, 6) is -0.263. The van der Waals surface area contributed by atoms with Crippen LogP contribution in [0.3, 0.4) is 0 Å². The molecule has 1 heterocycles. The van der Waals surface area contributed by atoms with Gasteiger partial charge in [-0.05, 0) is 80.1 Å². The van der Waals surface area contributed by atoms with Gasteiger partial charge in [-0.15, -0.1) is 0 Å². The van der Waals surface area contributed by atoms with Crippen molar-refractivity contribution in [2.24, 2.45) is 0 Å². The second kappa shape index (κ2) is 9.12. The molecular weight excluding hydrogens is 366 g/mol. The van der Waals surface area contributed by atoms with Crippen LogP contribution in [0.4, 0.5) is 5.69 Å². The SMILES string of the molecule is O=C(NC(=S)Nc1ccc(CN2CCCCC2)cc1)c1ccc(Cl)cc1. The van der Waals surface area contributed by atoms with E-state index in [0.717, 1.165) is 12.2 Å². The Morgan fingerprint density at radius 2 is 1.65 bits per heavy atom. The molecule has 1 amide bonds. The Hall–Kier alpha value is -1.95.